The minimum absolute atomic E-state index is 0.0241. The topological polar surface area (TPSA) is 86.8 Å². The van der Waals surface area contributed by atoms with E-state index in [0.717, 1.165) is 4.31 Å². The third-order valence-corrected chi connectivity index (χ3v) is 9.38. The van der Waals surface area contributed by atoms with Gasteiger partial charge >= 0.3 is 0 Å². The fourth-order valence-electron chi connectivity index (χ4n) is 4.33. The molecule has 0 spiro atoms. The molecule has 0 radical (unpaired) electrons. The van der Waals surface area contributed by atoms with Crippen molar-refractivity contribution in [2.45, 2.75) is 64.1 Å². The summed E-state index contributed by atoms with van der Waals surface area (Å²) in [6.45, 7) is 6.76. The first-order valence-corrected chi connectivity index (χ1v) is 15.8. The number of hydrogen-bond acceptors (Lipinski definition) is 4. The maximum absolute atomic E-state index is 14.2. The third kappa shape index (κ3) is 8.16. The summed E-state index contributed by atoms with van der Waals surface area (Å²) in [4.78, 5) is 29.0. The van der Waals surface area contributed by atoms with Crippen LogP contribution in [-0.4, -0.2) is 43.8 Å². The predicted octanol–water partition coefficient (Wildman–Crippen LogP) is 6.87. The number of anilines is 1. The molecular formula is C30H34Cl3N3O4S. The number of carbonyl (C=O) groups is 2. The Balaban J connectivity index is 2.11. The number of halogens is 3. The van der Waals surface area contributed by atoms with Crippen LogP contribution in [0.25, 0.3) is 0 Å². The Morgan fingerprint density at radius 1 is 0.902 bits per heavy atom. The Hall–Kier alpha value is -2.78. The van der Waals surface area contributed by atoms with Gasteiger partial charge in [-0.2, -0.15) is 0 Å². The van der Waals surface area contributed by atoms with Gasteiger partial charge in [0.25, 0.3) is 10.0 Å². The molecule has 2 atom stereocenters. The van der Waals surface area contributed by atoms with Crippen LogP contribution in [0.3, 0.4) is 0 Å². The predicted molar refractivity (Wildman–Crippen MR) is 166 cm³/mol. The summed E-state index contributed by atoms with van der Waals surface area (Å²) in [5, 5.41) is 4.14. The zero-order valence-electron chi connectivity index (χ0n) is 23.4. The molecule has 0 fully saturated rings. The van der Waals surface area contributed by atoms with Crippen molar-refractivity contribution in [1.29, 1.82) is 0 Å². The number of aryl methyl sites for hydroxylation is 1. The van der Waals surface area contributed by atoms with Crippen LogP contribution >= 0.6 is 34.8 Å². The molecule has 0 aromatic heterocycles. The van der Waals surface area contributed by atoms with Gasteiger partial charge in [-0.15, -0.1) is 0 Å². The van der Waals surface area contributed by atoms with Crippen molar-refractivity contribution in [3.05, 3.63) is 92.9 Å². The van der Waals surface area contributed by atoms with Gasteiger partial charge in [-0.3, -0.25) is 13.9 Å². The molecular weight excluding hydrogens is 605 g/mol. The maximum Gasteiger partial charge on any atom is 0.264 e. The Bertz CT molecular complexity index is 1490. The van der Waals surface area contributed by atoms with Crippen LogP contribution in [0.4, 0.5) is 5.69 Å². The summed E-state index contributed by atoms with van der Waals surface area (Å²) in [5.41, 5.74) is 1.44. The fourth-order valence-corrected chi connectivity index (χ4v) is 6.52. The van der Waals surface area contributed by atoms with E-state index in [1.807, 2.05) is 13.8 Å². The second-order valence-electron chi connectivity index (χ2n) is 9.75. The second kappa shape index (κ2) is 14.4. The number of sulfonamides is 1. The monoisotopic (exact) mass is 637 g/mol. The van der Waals surface area contributed by atoms with Gasteiger partial charge < -0.3 is 10.2 Å². The van der Waals surface area contributed by atoms with Gasteiger partial charge in [-0.1, -0.05) is 72.9 Å². The van der Waals surface area contributed by atoms with E-state index in [1.165, 1.54) is 17.0 Å². The van der Waals surface area contributed by atoms with E-state index in [1.54, 1.807) is 68.4 Å². The molecule has 41 heavy (non-hydrogen) atoms. The first kappa shape index (κ1) is 32.7. The Morgan fingerprint density at radius 2 is 1.54 bits per heavy atom. The van der Waals surface area contributed by atoms with Gasteiger partial charge in [0.15, 0.2) is 0 Å². The van der Waals surface area contributed by atoms with Gasteiger partial charge in [-0.25, -0.2) is 8.42 Å². The molecule has 3 rings (SSSR count). The molecule has 7 nitrogen and oxygen atoms in total. The Morgan fingerprint density at radius 3 is 2.12 bits per heavy atom. The van der Waals surface area contributed by atoms with Crippen molar-refractivity contribution in [1.82, 2.24) is 10.2 Å². The van der Waals surface area contributed by atoms with E-state index in [4.69, 9.17) is 34.8 Å². The van der Waals surface area contributed by atoms with Crippen molar-refractivity contribution in [2.24, 2.45) is 0 Å². The van der Waals surface area contributed by atoms with Crippen LogP contribution in [0.15, 0.2) is 71.6 Å². The molecule has 0 saturated carbocycles. The molecule has 0 aliphatic carbocycles. The van der Waals surface area contributed by atoms with Crippen molar-refractivity contribution in [3.8, 4) is 0 Å². The zero-order valence-corrected chi connectivity index (χ0v) is 26.5. The first-order chi connectivity index (χ1) is 19.4. The highest BCUT2D eigenvalue weighted by atomic mass is 35.5. The van der Waals surface area contributed by atoms with E-state index >= 15 is 0 Å². The van der Waals surface area contributed by atoms with Gasteiger partial charge in [0.2, 0.25) is 11.8 Å². The molecule has 11 heteroatoms. The molecule has 0 heterocycles. The smallest absolute Gasteiger partial charge is 0.264 e. The average molecular weight is 639 g/mol. The number of amides is 2. The van der Waals surface area contributed by atoms with E-state index in [0.29, 0.717) is 44.7 Å². The number of rotatable bonds is 12. The summed E-state index contributed by atoms with van der Waals surface area (Å²) >= 11 is 18.7. The summed E-state index contributed by atoms with van der Waals surface area (Å²) in [7, 11) is -4.18. The molecule has 0 aliphatic heterocycles. The average Bonchev–Trinajstić information content (AvgIpc) is 2.93. The highest BCUT2D eigenvalue weighted by molar-refractivity contribution is 7.92. The Kier molecular flexibility index (Phi) is 11.5. The normalized spacial score (nSPS) is 12.9. The lowest BCUT2D eigenvalue weighted by molar-refractivity contribution is -0.140. The maximum atomic E-state index is 14.2. The lowest BCUT2D eigenvalue weighted by Gasteiger charge is -2.34. The molecule has 0 bridgehead atoms. The van der Waals surface area contributed by atoms with Crippen molar-refractivity contribution < 1.29 is 18.0 Å². The zero-order chi connectivity index (χ0) is 30.3. The number of carbonyl (C=O) groups excluding carboxylic acids is 2. The second-order valence-corrected chi connectivity index (χ2v) is 12.9. The molecule has 0 saturated heterocycles. The van der Waals surface area contributed by atoms with Gasteiger partial charge in [0, 0.05) is 27.7 Å². The largest absolute Gasteiger partial charge is 0.352 e. The molecule has 3 aromatic carbocycles. The molecule has 0 aliphatic rings. The number of benzene rings is 3. The van der Waals surface area contributed by atoms with Crippen LogP contribution in [0.5, 0.6) is 0 Å². The van der Waals surface area contributed by atoms with E-state index < -0.39 is 28.5 Å². The van der Waals surface area contributed by atoms with Crippen LogP contribution < -0.4 is 9.62 Å². The minimum atomic E-state index is -4.18. The SMILES string of the molecule is CC[C@H](C)NC(=O)[C@H](CC)N(Cc1ccc(Cl)cc1Cl)C(=O)CN(c1ccc(Cl)cc1C)S(=O)(=O)c1ccccc1. The quantitative estimate of drug-likeness (QED) is 0.235. The van der Waals surface area contributed by atoms with E-state index in [-0.39, 0.29) is 23.4 Å². The summed E-state index contributed by atoms with van der Waals surface area (Å²) in [6, 6.07) is 16.6. The molecule has 3 aromatic rings. The first-order valence-electron chi connectivity index (χ1n) is 13.3. The number of nitrogens with one attached hydrogen (secondary N) is 1. The summed E-state index contributed by atoms with van der Waals surface area (Å²) in [5.74, 6) is -0.906. The lowest BCUT2D eigenvalue weighted by Crippen LogP contribution is -2.53. The standard InChI is InChI=1S/C30H34Cl3N3O4S/c1-5-21(4)34-30(38)27(6-2)35(18-22-12-13-24(32)17-26(22)33)29(37)19-36(28-15-14-23(31)16-20(28)3)41(39,40)25-10-8-7-9-11-25/h7-17,21,27H,5-6,18-19H2,1-4H3,(H,34,38)/t21-,27-/m0/s1. The lowest BCUT2D eigenvalue weighted by atomic mass is 10.1. The Labute approximate surface area is 257 Å². The molecule has 0 unspecified atom stereocenters. The minimum Gasteiger partial charge on any atom is -0.352 e. The number of hydrogen-bond donors (Lipinski definition) is 1. The van der Waals surface area contributed by atoms with Crippen LogP contribution in [0.2, 0.25) is 15.1 Å². The third-order valence-electron chi connectivity index (χ3n) is 6.78. The van der Waals surface area contributed by atoms with E-state index in [9.17, 15) is 18.0 Å². The summed E-state index contributed by atoms with van der Waals surface area (Å²) < 4.78 is 28.9. The van der Waals surface area contributed by atoms with Gasteiger partial charge in [-0.05, 0) is 80.3 Å². The van der Waals surface area contributed by atoms with Crippen LogP contribution in [0.1, 0.15) is 44.7 Å². The molecule has 220 valence electrons. The highest BCUT2D eigenvalue weighted by Gasteiger charge is 2.34. The molecule has 1 N–H and O–H groups in total. The summed E-state index contributed by atoms with van der Waals surface area (Å²) in [6.07, 6.45) is 1.00. The van der Waals surface area contributed by atoms with Gasteiger partial charge in [0.1, 0.15) is 12.6 Å². The van der Waals surface area contributed by atoms with Gasteiger partial charge in [0.05, 0.1) is 10.6 Å². The molecule has 2 amide bonds. The van der Waals surface area contributed by atoms with Crippen LogP contribution in [0, 0.1) is 6.92 Å². The number of nitrogens with zero attached hydrogens (tertiary/aromatic N) is 2. The van der Waals surface area contributed by atoms with Crippen molar-refractivity contribution in [2.75, 3.05) is 10.8 Å². The fraction of sp³-hybridized carbons (Fsp3) is 0.333. The van der Waals surface area contributed by atoms with E-state index in [2.05, 4.69) is 5.32 Å². The van der Waals surface area contributed by atoms with Crippen LogP contribution in [-0.2, 0) is 26.2 Å². The van der Waals surface area contributed by atoms with Crippen molar-refractivity contribution >= 4 is 62.3 Å². The van der Waals surface area contributed by atoms with Crippen molar-refractivity contribution in [3.63, 3.8) is 0 Å². The highest BCUT2D eigenvalue weighted by Crippen LogP contribution is 2.30.